The largest absolute Gasteiger partial charge is 0.481 e. The fraction of sp³-hybridized carbons (Fsp3) is 0.333. The molecule has 1 rings (SSSR count). The number of carboxylic acid groups (broad SMARTS) is 1. The van der Waals surface area contributed by atoms with E-state index in [9.17, 15) is 9.59 Å². The minimum atomic E-state index is -1.14. The Morgan fingerprint density at radius 3 is 2.44 bits per heavy atom. The number of nitrogen functional groups attached to an aromatic ring is 2. The molecule has 0 unspecified atom stereocenters. The number of anilines is 2. The van der Waals surface area contributed by atoms with E-state index in [-0.39, 0.29) is 17.9 Å². The van der Waals surface area contributed by atoms with E-state index < -0.39 is 17.4 Å². The van der Waals surface area contributed by atoms with Crippen molar-refractivity contribution in [1.82, 2.24) is 0 Å². The number of carbonyl (C=O) groups excluding carboxylic acids is 1. The highest BCUT2D eigenvalue weighted by Crippen LogP contribution is 2.20. The fourth-order valence-electron chi connectivity index (χ4n) is 1.15. The zero-order valence-corrected chi connectivity index (χ0v) is 10.3. The molecule has 1 aromatic rings. The Hall–Kier alpha value is -2.24. The van der Waals surface area contributed by atoms with Gasteiger partial charge >= 0.3 is 11.9 Å². The van der Waals surface area contributed by atoms with Gasteiger partial charge in [0.15, 0.2) is 0 Å². The molecule has 0 radical (unpaired) electrons. The van der Waals surface area contributed by atoms with E-state index in [1.165, 1.54) is 32.0 Å². The highest BCUT2D eigenvalue weighted by molar-refractivity contribution is 5.95. The van der Waals surface area contributed by atoms with Gasteiger partial charge in [-0.3, -0.25) is 4.79 Å². The van der Waals surface area contributed by atoms with E-state index >= 15 is 0 Å². The molecule has 0 atom stereocenters. The number of carbonyl (C=O) groups is 2. The summed E-state index contributed by atoms with van der Waals surface area (Å²) in [5.41, 5.74) is 10.8. The average Bonchev–Trinajstić information content (AvgIpc) is 2.25. The molecule has 0 aliphatic heterocycles. The van der Waals surface area contributed by atoms with Gasteiger partial charge in [-0.2, -0.15) is 0 Å². The summed E-state index contributed by atoms with van der Waals surface area (Å²) in [5.74, 6) is -1.71. The van der Waals surface area contributed by atoms with Crippen molar-refractivity contribution in [3.8, 4) is 0 Å². The predicted octanol–water partition coefficient (Wildman–Crippen LogP) is 1.12. The van der Waals surface area contributed by atoms with Gasteiger partial charge in [0, 0.05) is 11.4 Å². The summed E-state index contributed by atoms with van der Waals surface area (Å²) < 4.78 is 4.93. The van der Waals surface area contributed by atoms with E-state index in [0.717, 1.165) is 0 Å². The second-order valence-electron chi connectivity index (χ2n) is 4.61. The molecule has 0 aliphatic carbocycles. The van der Waals surface area contributed by atoms with Gasteiger partial charge in [-0.05, 0) is 32.0 Å². The maximum Gasteiger partial charge on any atom is 0.340 e. The number of nitrogens with two attached hydrogens (primary N) is 2. The average molecular weight is 252 g/mol. The van der Waals surface area contributed by atoms with Crippen molar-refractivity contribution in [1.29, 1.82) is 0 Å². The van der Waals surface area contributed by atoms with E-state index in [0.29, 0.717) is 5.69 Å². The number of benzene rings is 1. The first-order valence-corrected chi connectivity index (χ1v) is 5.29. The molecule has 0 amide bonds. The first-order chi connectivity index (χ1) is 8.24. The fourth-order valence-corrected chi connectivity index (χ4v) is 1.15. The Morgan fingerprint density at radius 1 is 1.33 bits per heavy atom. The zero-order chi connectivity index (χ0) is 13.9. The van der Waals surface area contributed by atoms with Gasteiger partial charge in [0.2, 0.25) is 0 Å². The molecule has 0 aromatic heterocycles. The number of rotatable bonds is 4. The third-order valence-corrected chi connectivity index (χ3v) is 2.44. The first-order valence-electron chi connectivity index (χ1n) is 5.29. The summed E-state index contributed by atoms with van der Waals surface area (Å²) in [7, 11) is 0. The Balaban J connectivity index is 2.75. The van der Waals surface area contributed by atoms with Crippen LogP contribution in [0.2, 0.25) is 0 Å². The maximum atomic E-state index is 11.7. The van der Waals surface area contributed by atoms with E-state index in [1.54, 1.807) is 0 Å². The Kier molecular flexibility index (Phi) is 3.80. The molecule has 0 spiro atoms. The molecule has 6 heteroatoms. The number of ether oxygens (including phenoxy) is 1. The highest BCUT2D eigenvalue weighted by atomic mass is 16.5. The number of carboxylic acids is 1. The van der Waals surface area contributed by atoms with Crippen molar-refractivity contribution < 1.29 is 19.4 Å². The lowest BCUT2D eigenvalue weighted by molar-refractivity contribution is -0.149. The Bertz CT molecular complexity index is 483. The summed E-state index contributed by atoms with van der Waals surface area (Å²) in [4.78, 5) is 22.6. The molecule has 0 heterocycles. The van der Waals surface area contributed by atoms with Gasteiger partial charge < -0.3 is 21.3 Å². The Labute approximate surface area is 105 Å². The van der Waals surface area contributed by atoms with Crippen molar-refractivity contribution >= 4 is 23.3 Å². The van der Waals surface area contributed by atoms with Gasteiger partial charge in [0.25, 0.3) is 0 Å². The van der Waals surface area contributed by atoms with Crippen LogP contribution < -0.4 is 11.5 Å². The van der Waals surface area contributed by atoms with Crippen LogP contribution in [0, 0.1) is 5.41 Å². The monoisotopic (exact) mass is 252 g/mol. The van der Waals surface area contributed by atoms with Crippen molar-refractivity contribution in [2.75, 3.05) is 18.1 Å². The van der Waals surface area contributed by atoms with Crippen LogP contribution in [0.3, 0.4) is 0 Å². The molecule has 0 bridgehead atoms. The van der Waals surface area contributed by atoms with Crippen LogP contribution in [0.4, 0.5) is 11.4 Å². The molecule has 5 N–H and O–H groups in total. The van der Waals surface area contributed by atoms with Crippen LogP contribution in [0.25, 0.3) is 0 Å². The third-order valence-electron chi connectivity index (χ3n) is 2.44. The number of hydrogen-bond acceptors (Lipinski definition) is 5. The van der Waals surface area contributed by atoms with Gasteiger partial charge in [-0.15, -0.1) is 0 Å². The molecule has 0 fully saturated rings. The van der Waals surface area contributed by atoms with Crippen LogP contribution in [0.1, 0.15) is 24.2 Å². The van der Waals surface area contributed by atoms with Crippen LogP contribution >= 0.6 is 0 Å². The van der Waals surface area contributed by atoms with Gasteiger partial charge in [0.1, 0.15) is 6.61 Å². The van der Waals surface area contributed by atoms with E-state index in [1.807, 2.05) is 0 Å². The minimum absolute atomic E-state index is 0.172. The SMILES string of the molecule is CC(C)(COC(=O)c1ccc(N)cc1N)C(=O)O. The van der Waals surface area contributed by atoms with E-state index in [4.69, 9.17) is 21.3 Å². The molecular formula is C12H16N2O4. The van der Waals surface area contributed by atoms with Crippen LogP contribution in [-0.4, -0.2) is 23.7 Å². The second kappa shape index (κ2) is 4.95. The second-order valence-corrected chi connectivity index (χ2v) is 4.61. The predicted molar refractivity (Wildman–Crippen MR) is 67.0 cm³/mol. The molecular weight excluding hydrogens is 236 g/mol. The molecule has 18 heavy (non-hydrogen) atoms. The smallest absolute Gasteiger partial charge is 0.340 e. The standard InChI is InChI=1S/C12H16N2O4/c1-12(2,11(16)17)6-18-10(15)8-4-3-7(13)5-9(8)14/h3-5H,6,13-14H2,1-2H3,(H,16,17). The molecule has 6 nitrogen and oxygen atoms in total. The molecule has 98 valence electrons. The third kappa shape index (κ3) is 3.13. The summed E-state index contributed by atoms with van der Waals surface area (Å²) in [5, 5.41) is 8.88. The minimum Gasteiger partial charge on any atom is -0.481 e. The summed E-state index contributed by atoms with van der Waals surface area (Å²) in [6.07, 6.45) is 0. The summed E-state index contributed by atoms with van der Waals surface area (Å²) in [6, 6.07) is 4.41. The highest BCUT2D eigenvalue weighted by Gasteiger charge is 2.29. The number of aliphatic carboxylic acids is 1. The molecule has 0 saturated heterocycles. The van der Waals surface area contributed by atoms with Crippen LogP contribution in [-0.2, 0) is 9.53 Å². The van der Waals surface area contributed by atoms with Crippen molar-refractivity contribution in [2.24, 2.45) is 5.41 Å². The van der Waals surface area contributed by atoms with Crippen molar-refractivity contribution in [3.63, 3.8) is 0 Å². The summed E-state index contributed by atoms with van der Waals surface area (Å²) >= 11 is 0. The van der Waals surface area contributed by atoms with Gasteiger partial charge in [0.05, 0.1) is 11.0 Å². The topological polar surface area (TPSA) is 116 Å². The zero-order valence-electron chi connectivity index (χ0n) is 10.3. The van der Waals surface area contributed by atoms with Gasteiger partial charge in [-0.25, -0.2) is 4.79 Å². The lowest BCUT2D eigenvalue weighted by Crippen LogP contribution is -2.30. The lowest BCUT2D eigenvalue weighted by atomic mass is 9.95. The Morgan fingerprint density at radius 2 is 1.94 bits per heavy atom. The molecule has 0 saturated carbocycles. The van der Waals surface area contributed by atoms with Crippen molar-refractivity contribution in [2.45, 2.75) is 13.8 Å². The molecule has 1 aromatic carbocycles. The van der Waals surface area contributed by atoms with Crippen LogP contribution in [0.15, 0.2) is 18.2 Å². The quantitative estimate of drug-likeness (QED) is 0.546. The summed E-state index contributed by atoms with van der Waals surface area (Å²) in [6.45, 7) is 2.70. The molecule has 0 aliphatic rings. The van der Waals surface area contributed by atoms with Crippen LogP contribution in [0.5, 0.6) is 0 Å². The lowest BCUT2D eigenvalue weighted by Gasteiger charge is -2.18. The number of esters is 1. The van der Waals surface area contributed by atoms with E-state index in [2.05, 4.69) is 0 Å². The number of hydrogen-bond donors (Lipinski definition) is 3. The first kappa shape index (κ1) is 13.8. The maximum absolute atomic E-state index is 11.7. The normalized spacial score (nSPS) is 11.0. The van der Waals surface area contributed by atoms with Gasteiger partial charge in [-0.1, -0.05) is 0 Å². The van der Waals surface area contributed by atoms with Crippen molar-refractivity contribution in [3.05, 3.63) is 23.8 Å².